The van der Waals surface area contributed by atoms with Gasteiger partial charge in [0.15, 0.2) is 0 Å². The zero-order chi connectivity index (χ0) is 13.0. The van der Waals surface area contributed by atoms with E-state index in [2.05, 4.69) is 20.0 Å². The van der Waals surface area contributed by atoms with Crippen molar-refractivity contribution in [2.75, 3.05) is 25.6 Å². The Labute approximate surface area is 106 Å². The predicted molar refractivity (Wildman–Crippen MR) is 65.6 cm³/mol. The largest absolute Gasteiger partial charge is 0.465 e. The molecule has 0 aromatic carbocycles. The monoisotopic (exact) mass is 251 g/mol. The lowest BCUT2D eigenvalue weighted by molar-refractivity contribution is 0.0599. The maximum Gasteiger partial charge on any atom is 0.341 e. The number of hydrogen-bond acceptors (Lipinski definition) is 6. The third-order valence-corrected chi connectivity index (χ3v) is 2.90. The summed E-state index contributed by atoms with van der Waals surface area (Å²) < 4.78 is 10.1. The van der Waals surface area contributed by atoms with E-state index in [4.69, 9.17) is 4.74 Å². The number of nitrogens with zero attached hydrogens (tertiary/aromatic N) is 2. The first-order valence-corrected chi connectivity index (χ1v) is 5.98. The van der Waals surface area contributed by atoms with Gasteiger partial charge in [-0.05, 0) is 19.8 Å². The lowest BCUT2D eigenvalue weighted by Crippen LogP contribution is -2.20. The van der Waals surface area contributed by atoms with Crippen LogP contribution in [0, 0.1) is 6.92 Å². The fourth-order valence-electron chi connectivity index (χ4n) is 1.87. The number of methoxy groups -OCH3 is 1. The SMILES string of the molecule is COC(=O)c1cnc(NC[C@H]2CCCO2)nc1C. The van der Waals surface area contributed by atoms with Gasteiger partial charge in [0.2, 0.25) is 5.95 Å². The Morgan fingerprint density at radius 3 is 3.11 bits per heavy atom. The lowest BCUT2D eigenvalue weighted by atomic mass is 10.2. The average Bonchev–Trinajstić information content (AvgIpc) is 2.88. The summed E-state index contributed by atoms with van der Waals surface area (Å²) in [4.78, 5) is 19.7. The number of anilines is 1. The molecule has 0 unspecified atom stereocenters. The van der Waals surface area contributed by atoms with E-state index in [9.17, 15) is 4.79 Å². The van der Waals surface area contributed by atoms with Gasteiger partial charge in [0, 0.05) is 19.3 Å². The summed E-state index contributed by atoms with van der Waals surface area (Å²) in [5, 5.41) is 3.11. The first-order chi connectivity index (χ1) is 8.70. The van der Waals surface area contributed by atoms with Gasteiger partial charge in [0.1, 0.15) is 0 Å². The van der Waals surface area contributed by atoms with Crippen LogP contribution in [0.2, 0.25) is 0 Å². The van der Waals surface area contributed by atoms with Crippen molar-refractivity contribution in [3.8, 4) is 0 Å². The highest BCUT2D eigenvalue weighted by molar-refractivity contribution is 5.90. The molecule has 0 aliphatic carbocycles. The van der Waals surface area contributed by atoms with Crippen LogP contribution in [0.25, 0.3) is 0 Å². The lowest BCUT2D eigenvalue weighted by Gasteiger charge is -2.11. The minimum absolute atomic E-state index is 0.231. The van der Waals surface area contributed by atoms with Gasteiger partial charge >= 0.3 is 5.97 Å². The van der Waals surface area contributed by atoms with Crippen molar-refractivity contribution in [1.82, 2.24) is 9.97 Å². The van der Waals surface area contributed by atoms with E-state index in [1.807, 2.05) is 0 Å². The van der Waals surface area contributed by atoms with Crippen molar-refractivity contribution in [2.45, 2.75) is 25.9 Å². The maximum atomic E-state index is 11.4. The van der Waals surface area contributed by atoms with Crippen molar-refractivity contribution < 1.29 is 14.3 Å². The molecular formula is C12H17N3O3. The van der Waals surface area contributed by atoms with Gasteiger partial charge in [-0.2, -0.15) is 0 Å². The Morgan fingerprint density at radius 1 is 1.67 bits per heavy atom. The molecule has 0 spiro atoms. The Morgan fingerprint density at radius 2 is 2.50 bits per heavy atom. The first-order valence-electron chi connectivity index (χ1n) is 5.98. The van der Waals surface area contributed by atoms with Gasteiger partial charge in [0.05, 0.1) is 24.5 Å². The van der Waals surface area contributed by atoms with Gasteiger partial charge in [-0.3, -0.25) is 0 Å². The van der Waals surface area contributed by atoms with Crippen LogP contribution < -0.4 is 5.32 Å². The van der Waals surface area contributed by atoms with Gasteiger partial charge in [-0.15, -0.1) is 0 Å². The van der Waals surface area contributed by atoms with Crippen LogP contribution in [0.5, 0.6) is 0 Å². The number of nitrogens with one attached hydrogen (secondary N) is 1. The van der Waals surface area contributed by atoms with E-state index in [0.29, 0.717) is 23.8 Å². The molecule has 18 heavy (non-hydrogen) atoms. The zero-order valence-electron chi connectivity index (χ0n) is 10.6. The second kappa shape index (κ2) is 5.77. The third kappa shape index (κ3) is 2.95. The molecular weight excluding hydrogens is 234 g/mol. The number of ether oxygens (including phenoxy) is 2. The second-order valence-corrected chi connectivity index (χ2v) is 4.20. The van der Waals surface area contributed by atoms with E-state index < -0.39 is 5.97 Å². The summed E-state index contributed by atoms with van der Waals surface area (Å²) in [6.07, 6.45) is 3.88. The highest BCUT2D eigenvalue weighted by Crippen LogP contribution is 2.13. The molecule has 1 N–H and O–H groups in total. The van der Waals surface area contributed by atoms with Gasteiger partial charge in [-0.25, -0.2) is 14.8 Å². The summed E-state index contributed by atoms with van der Waals surface area (Å²) in [6, 6.07) is 0. The minimum Gasteiger partial charge on any atom is -0.465 e. The number of hydrogen-bond donors (Lipinski definition) is 1. The summed E-state index contributed by atoms with van der Waals surface area (Å²) >= 11 is 0. The predicted octanol–water partition coefficient (Wildman–Crippen LogP) is 1.16. The quantitative estimate of drug-likeness (QED) is 0.809. The first kappa shape index (κ1) is 12.8. The van der Waals surface area contributed by atoms with Crippen LogP contribution in [-0.4, -0.2) is 42.3 Å². The zero-order valence-corrected chi connectivity index (χ0v) is 10.6. The van der Waals surface area contributed by atoms with Crippen LogP contribution in [0.4, 0.5) is 5.95 Å². The fraction of sp³-hybridized carbons (Fsp3) is 0.583. The van der Waals surface area contributed by atoms with Gasteiger partial charge in [0.25, 0.3) is 0 Å². The highest BCUT2D eigenvalue weighted by atomic mass is 16.5. The summed E-state index contributed by atoms with van der Waals surface area (Å²) in [7, 11) is 1.34. The van der Waals surface area contributed by atoms with Crippen LogP contribution in [-0.2, 0) is 9.47 Å². The molecule has 1 aliphatic rings. The topological polar surface area (TPSA) is 73.3 Å². The molecule has 0 radical (unpaired) electrons. The summed E-state index contributed by atoms with van der Waals surface area (Å²) in [5.41, 5.74) is 0.992. The molecule has 2 heterocycles. The van der Waals surface area contributed by atoms with E-state index in [-0.39, 0.29) is 6.10 Å². The summed E-state index contributed by atoms with van der Waals surface area (Å²) in [5.74, 6) is 0.0915. The fourth-order valence-corrected chi connectivity index (χ4v) is 1.87. The molecule has 2 rings (SSSR count). The molecule has 1 aromatic heterocycles. The van der Waals surface area contributed by atoms with Crippen LogP contribution in [0.1, 0.15) is 28.9 Å². The van der Waals surface area contributed by atoms with E-state index >= 15 is 0 Å². The maximum absolute atomic E-state index is 11.4. The normalized spacial score (nSPS) is 18.7. The van der Waals surface area contributed by atoms with Crippen LogP contribution in [0.15, 0.2) is 6.20 Å². The smallest absolute Gasteiger partial charge is 0.341 e. The Bertz CT molecular complexity index is 431. The van der Waals surface area contributed by atoms with Crippen molar-refractivity contribution in [2.24, 2.45) is 0 Å². The molecule has 0 bridgehead atoms. The second-order valence-electron chi connectivity index (χ2n) is 4.20. The number of aromatic nitrogens is 2. The van der Waals surface area contributed by atoms with E-state index in [1.165, 1.54) is 13.3 Å². The van der Waals surface area contributed by atoms with E-state index in [0.717, 1.165) is 19.4 Å². The number of carbonyl (C=O) groups is 1. The van der Waals surface area contributed by atoms with Crippen molar-refractivity contribution in [3.05, 3.63) is 17.5 Å². The molecule has 1 aliphatic heterocycles. The average molecular weight is 251 g/mol. The van der Waals surface area contributed by atoms with Crippen molar-refractivity contribution >= 4 is 11.9 Å². The van der Waals surface area contributed by atoms with Crippen LogP contribution in [0.3, 0.4) is 0 Å². The third-order valence-electron chi connectivity index (χ3n) is 2.90. The number of aryl methyl sites for hydroxylation is 1. The standard InChI is InChI=1S/C12H17N3O3/c1-8-10(11(16)17-2)7-14-12(15-8)13-6-9-4-3-5-18-9/h7,9H,3-6H2,1-2H3,(H,13,14,15)/t9-/m1/s1. The van der Waals surface area contributed by atoms with Crippen LogP contribution >= 0.6 is 0 Å². The molecule has 98 valence electrons. The van der Waals surface area contributed by atoms with Crippen molar-refractivity contribution in [3.63, 3.8) is 0 Å². The number of esters is 1. The van der Waals surface area contributed by atoms with Gasteiger partial charge in [-0.1, -0.05) is 0 Å². The molecule has 1 fully saturated rings. The van der Waals surface area contributed by atoms with Gasteiger partial charge < -0.3 is 14.8 Å². The Hall–Kier alpha value is -1.69. The molecule has 1 aromatic rings. The molecule has 6 heteroatoms. The minimum atomic E-state index is -0.418. The summed E-state index contributed by atoms with van der Waals surface area (Å²) in [6.45, 7) is 3.27. The van der Waals surface area contributed by atoms with Crippen molar-refractivity contribution in [1.29, 1.82) is 0 Å². The number of carbonyl (C=O) groups excluding carboxylic acids is 1. The molecule has 1 saturated heterocycles. The molecule has 0 saturated carbocycles. The Kier molecular flexibility index (Phi) is 4.09. The Balaban J connectivity index is 1.97. The molecule has 6 nitrogen and oxygen atoms in total. The number of rotatable bonds is 4. The molecule has 1 atom stereocenters. The van der Waals surface area contributed by atoms with E-state index in [1.54, 1.807) is 6.92 Å². The highest BCUT2D eigenvalue weighted by Gasteiger charge is 2.16. The molecule has 0 amide bonds.